The van der Waals surface area contributed by atoms with Gasteiger partial charge in [-0.1, -0.05) is 0 Å². The first-order valence-corrected chi connectivity index (χ1v) is 8.57. The Hall–Kier alpha value is -2.32. The molecule has 2 aromatic rings. The second kappa shape index (κ2) is 7.51. The second-order valence-corrected chi connectivity index (χ2v) is 6.45. The van der Waals surface area contributed by atoms with Gasteiger partial charge in [0.15, 0.2) is 5.82 Å². The summed E-state index contributed by atoms with van der Waals surface area (Å²) in [4.78, 5) is 25.0. The fourth-order valence-corrected chi connectivity index (χ4v) is 3.36. The molecular weight excluding hydrogens is 358 g/mol. The lowest BCUT2D eigenvalue weighted by Crippen LogP contribution is -2.49. The number of piperidine rings is 1. The van der Waals surface area contributed by atoms with Gasteiger partial charge >= 0.3 is 6.03 Å². The summed E-state index contributed by atoms with van der Waals surface area (Å²) in [7, 11) is 1.84. The Bertz CT molecular complexity index is 831. The van der Waals surface area contributed by atoms with Crippen molar-refractivity contribution in [3.8, 4) is 5.75 Å². The molecule has 2 N–H and O–H groups in total. The normalized spacial score (nSPS) is 18.6. The van der Waals surface area contributed by atoms with Crippen LogP contribution in [0.3, 0.4) is 0 Å². The van der Waals surface area contributed by atoms with Gasteiger partial charge in [-0.15, -0.1) is 12.4 Å². The van der Waals surface area contributed by atoms with E-state index in [9.17, 15) is 9.59 Å². The number of nitrogens with one attached hydrogen (secondary N) is 2. The van der Waals surface area contributed by atoms with Crippen molar-refractivity contribution in [3.63, 3.8) is 0 Å². The standard InChI is InChI=1S/C17H21N5O3.ClH/c1-21-14-10-12(25-11-4-7-18-8-5-11)2-3-13(14)16(20-21)22-9-6-15(23)19-17(22)24;/h2-3,10-11,18H,4-9H2,1H3,(H,19,23,24);1H. The van der Waals surface area contributed by atoms with Crippen molar-refractivity contribution in [1.29, 1.82) is 0 Å². The van der Waals surface area contributed by atoms with E-state index in [1.807, 2.05) is 25.2 Å². The number of nitrogens with zero attached hydrogens (tertiary/aromatic N) is 3. The molecule has 2 aliphatic rings. The molecule has 3 heterocycles. The van der Waals surface area contributed by atoms with Crippen LogP contribution in [0.25, 0.3) is 10.9 Å². The van der Waals surface area contributed by atoms with E-state index in [0.717, 1.165) is 42.6 Å². The molecule has 0 aliphatic carbocycles. The molecule has 1 aromatic heterocycles. The molecule has 2 saturated heterocycles. The highest BCUT2D eigenvalue weighted by Gasteiger charge is 2.28. The molecule has 0 unspecified atom stereocenters. The summed E-state index contributed by atoms with van der Waals surface area (Å²) in [6, 6.07) is 5.38. The van der Waals surface area contributed by atoms with Crippen LogP contribution in [0.2, 0.25) is 0 Å². The summed E-state index contributed by atoms with van der Waals surface area (Å²) in [6.45, 7) is 2.29. The van der Waals surface area contributed by atoms with Crippen molar-refractivity contribution in [2.45, 2.75) is 25.4 Å². The summed E-state index contributed by atoms with van der Waals surface area (Å²) < 4.78 is 7.83. The molecule has 8 nitrogen and oxygen atoms in total. The van der Waals surface area contributed by atoms with Gasteiger partial charge in [0.1, 0.15) is 11.9 Å². The molecule has 4 rings (SSSR count). The first kappa shape index (κ1) is 18.5. The van der Waals surface area contributed by atoms with Crippen LogP contribution in [-0.2, 0) is 11.8 Å². The zero-order chi connectivity index (χ0) is 17.4. The summed E-state index contributed by atoms with van der Waals surface area (Å²) in [5.74, 6) is 1.13. The van der Waals surface area contributed by atoms with E-state index in [1.54, 1.807) is 4.68 Å². The molecule has 0 saturated carbocycles. The van der Waals surface area contributed by atoms with Crippen LogP contribution in [0.4, 0.5) is 10.6 Å². The van der Waals surface area contributed by atoms with E-state index in [4.69, 9.17) is 4.74 Å². The minimum Gasteiger partial charge on any atom is -0.490 e. The smallest absolute Gasteiger partial charge is 0.329 e. The molecule has 2 fully saturated rings. The summed E-state index contributed by atoms with van der Waals surface area (Å²) in [5, 5.41) is 11.0. The third kappa shape index (κ3) is 3.47. The zero-order valence-corrected chi connectivity index (χ0v) is 15.3. The SMILES string of the molecule is Cl.Cn1nc(N2CCC(=O)NC2=O)c2ccc(OC3CCNCC3)cc21. The number of imide groups is 1. The maximum atomic E-state index is 12.1. The maximum Gasteiger partial charge on any atom is 0.329 e. The number of ether oxygens (including phenoxy) is 1. The second-order valence-electron chi connectivity index (χ2n) is 6.45. The van der Waals surface area contributed by atoms with Crippen molar-refractivity contribution in [2.24, 2.45) is 7.05 Å². The summed E-state index contributed by atoms with van der Waals surface area (Å²) >= 11 is 0. The van der Waals surface area contributed by atoms with Crippen molar-refractivity contribution in [2.75, 3.05) is 24.5 Å². The predicted octanol–water partition coefficient (Wildman–Crippen LogP) is 1.57. The number of fused-ring (bicyclic) bond motifs is 1. The van der Waals surface area contributed by atoms with Crippen molar-refractivity contribution < 1.29 is 14.3 Å². The minimum absolute atomic E-state index is 0. The fourth-order valence-electron chi connectivity index (χ4n) is 3.36. The first-order chi connectivity index (χ1) is 12.1. The van der Waals surface area contributed by atoms with E-state index < -0.39 is 6.03 Å². The molecule has 9 heteroatoms. The van der Waals surface area contributed by atoms with E-state index in [1.165, 1.54) is 4.90 Å². The highest BCUT2D eigenvalue weighted by molar-refractivity contribution is 6.08. The molecule has 3 amide bonds. The van der Waals surface area contributed by atoms with Gasteiger partial charge < -0.3 is 10.1 Å². The van der Waals surface area contributed by atoms with Crippen molar-refractivity contribution >= 4 is 41.1 Å². The molecule has 0 radical (unpaired) electrons. The highest BCUT2D eigenvalue weighted by atomic mass is 35.5. The van der Waals surface area contributed by atoms with Gasteiger partial charge in [-0.3, -0.25) is 19.7 Å². The average Bonchev–Trinajstić information content (AvgIpc) is 2.92. The number of urea groups is 1. The Kier molecular flexibility index (Phi) is 5.33. The van der Waals surface area contributed by atoms with Gasteiger partial charge in [0.2, 0.25) is 5.91 Å². The van der Waals surface area contributed by atoms with Crippen LogP contribution in [0, 0.1) is 0 Å². The van der Waals surface area contributed by atoms with Crippen LogP contribution in [0.15, 0.2) is 18.2 Å². The molecule has 0 atom stereocenters. The zero-order valence-electron chi connectivity index (χ0n) is 14.5. The topological polar surface area (TPSA) is 88.5 Å². The van der Waals surface area contributed by atoms with Crippen LogP contribution in [0.5, 0.6) is 5.75 Å². The predicted molar refractivity (Wildman–Crippen MR) is 100.0 cm³/mol. The lowest BCUT2D eigenvalue weighted by Gasteiger charge is -2.25. The van der Waals surface area contributed by atoms with Crippen LogP contribution in [0.1, 0.15) is 19.3 Å². The number of carbonyl (C=O) groups excluding carboxylic acids is 2. The number of anilines is 1. The van der Waals surface area contributed by atoms with E-state index in [0.29, 0.717) is 12.4 Å². The Morgan fingerprint density at radius 3 is 2.73 bits per heavy atom. The van der Waals surface area contributed by atoms with Gasteiger partial charge in [-0.05, 0) is 38.1 Å². The molecule has 2 aliphatic heterocycles. The van der Waals surface area contributed by atoms with Crippen molar-refractivity contribution in [1.82, 2.24) is 20.4 Å². The van der Waals surface area contributed by atoms with Gasteiger partial charge in [0, 0.05) is 31.5 Å². The van der Waals surface area contributed by atoms with E-state index in [-0.39, 0.29) is 30.8 Å². The Labute approximate surface area is 157 Å². The average molecular weight is 380 g/mol. The van der Waals surface area contributed by atoms with E-state index in [2.05, 4.69) is 15.7 Å². The van der Waals surface area contributed by atoms with Crippen LogP contribution >= 0.6 is 12.4 Å². The number of hydrogen-bond donors (Lipinski definition) is 2. The number of hydrogen-bond acceptors (Lipinski definition) is 5. The third-order valence-corrected chi connectivity index (χ3v) is 4.70. The van der Waals surface area contributed by atoms with Crippen LogP contribution in [-0.4, -0.2) is 47.5 Å². The van der Waals surface area contributed by atoms with Crippen molar-refractivity contribution in [3.05, 3.63) is 18.2 Å². The van der Waals surface area contributed by atoms with Gasteiger partial charge in [-0.2, -0.15) is 5.10 Å². The van der Waals surface area contributed by atoms with Gasteiger partial charge in [0.05, 0.1) is 5.52 Å². The quantitative estimate of drug-likeness (QED) is 0.845. The van der Waals surface area contributed by atoms with Crippen LogP contribution < -0.4 is 20.3 Å². The van der Waals surface area contributed by atoms with Gasteiger partial charge in [0.25, 0.3) is 0 Å². The molecule has 26 heavy (non-hydrogen) atoms. The van der Waals surface area contributed by atoms with E-state index >= 15 is 0 Å². The Morgan fingerprint density at radius 1 is 1.23 bits per heavy atom. The number of carbonyl (C=O) groups is 2. The number of aromatic nitrogens is 2. The lowest BCUT2D eigenvalue weighted by molar-refractivity contribution is -0.120. The summed E-state index contributed by atoms with van der Waals surface area (Å²) in [5.41, 5.74) is 0.895. The van der Waals surface area contributed by atoms with Gasteiger partial charge in [-0.25, -0.2) is 4.79 Å². The molecular formula is C17H22ClN5O3. The fraction of sp³-hybridized carbons (Fsp3) is 0.471. The molecule has 140 valence electrons. The number of aryl methyl sites for hydroxylation is 1. The number of halogens is 1. The number of benzene rings is 1. The third-order valence-electron chi connectivity index (χ3n) is 4.70. The maximum absolute atomic E-state index is 12.1. The monoisotopic (exact) mass is 379 g/mol. The first-order valence-electron chi connectivity index (χ1n) is 8.57. The summed E-state index contributed by atoms with van der Waals surface area (Å²) in [6.07, 6.45) is 2.50. The lowest BCUT2D eigenvalue weighted by atomic mass is 10.1. The molecule has 0 bridgehead atoms. The number of rotatable bonds is 3. The largest absolute Gasteiger partial charge is 0.490 e. The minimum atomic E-state index is -0.425. The number of amides is 3. The Morgan fingerprint density at radius 2 is 2.00 bits per heavy atom. The Balaban J connectivity index is 0.00000196. The highest BCUT2D eigenvalue weighted by Crippen LogP contribution is 2.30. The molecule has 1 aromatic carbocycles. The molecule has 0 spiro atoms.